The maximum Gasteiger partial charge on any atom is 0.341 e. The van der Waals surface area contributed by atoms with Gasteiger partial charge in [-0.2, -0.15) is 5.26 Å². The number of aliphatic carboxylic acids is 1. The fourth-order valence-corrected chi connectivity index (χ4v) is 3.01. The summed E-state index contributed by atoms with van der Waals surface area (Å²) >= 11 is 1.48. The van der Waals surface area contributed by atoms with Gasteiger partial charge in [-0.05, 0) is 25.5 Å². The molecule has 0 unspecified atom stereocenters. The van der Waals surface area contributed by atoms with Gasteiger partial charge in [0.1, 0.15) is 16.8 Å². The first-order chi connectivity index (χ1) is 11.0. The molecule has 2 rings (SSSR count). The van der Waals surface area contributed by atoms with E-state index in [0.717, 1.165) is 17.0 Å². The molecule has 0 aliphatic carbocycles. The number of para-hydroxylation sites is 1. The van der Waals surface area contributed by atoms with Crippen LogP contribution in [0.1, 0.15) is 28.1 Å². The molecule has 1 heterocycles. The van der Waals surface area contributed by atoms with Gasteiger partial charge < -0.3 is 9.84 Å². The number of aryl methyl sites for hydroxylation is 2. The number of hydrogen-bond donors (Lipinski definition) is 1. The average molecular weight is 328 g/mol. The average Bonchev–Trinajstić information content (AvgIpc) is 2.92. The Morgan fingerprint density at radius 3 is 2.83 bits per heavy atom. The first kappa shape index (κ1) is 16.7. The van der Waals surface area contributed by atoms with Crippen molar-refractivity contribution in [2.24, 2.45) is 0 Å². The number of ether oxygens (including phenoxy) is 1. The van der Waals surface area contributed by atoms with Gasteiger partial charge in [0.25, 0.3) is 0 Å². The molecule has 1 aromatic heterocycles. The van der Waals surface area contributed by atoms with Gasteiger partial charge in [-0.3, -0.25) is 0 Å². The van der Waals surface area contributed by atoms with Crippen LogP contribution in [0.3, 0.4) is 0 Å². The Morgan fingerprint density at radius 1 is 1.48 bits per heavy atom. The highest BCUT2D eigenvalue weighted by Crippen LogP contribution is 2.28. The summed E-state index contributed by atoms with van der Waals surface area (Å²) in [6.45, 7) is 3.58. The number of aromatic nitrogens is 1. The van der Waals surface area contributed by atoms with Crippen LogP contribution < -0.4 is 4.74 Å². The molecule has 0 aliphatic heterocycles. The van der Waals surface area contributed by atoms with E-state index in [2.05, 4.69) is 11.1 Å². The van der Waals surface area contributed by atoms with Gasteiger partial charge in [-0.15, -0.1) is 11.3 Å². The fourth-order valence-electron chi connectivity index (χ4n) is 2.04. The summed E-state index contributed by atoms with van der Waals surface area (Å²) in [5, 5.41) is 18.8. The first-order valence-corrected chi connectivity index (χ1v) is 7.89. The second-order valence-electron chi connectivity index (χ2n) is 4.77. The van der Waals surface area contributed by atoms with E-state index in [-0.39, 0.29) is 0 Å². The summed E-state index contributed by atoms with van der Waals surface area (Å²) in [6.07, 6.45) is 2.49. The highest BCUT2D eigenvalue weighted by molar-refractivity contribution is 7.12. The van der Waals surface area contributed by atoms with Gasteiger partial charge in [0.2, 0.25) is 0 Å². The summed E-state index contributed by atoms with van der Waals surface area (Å²) in [6, 6.07) is 9.17. The number of rotatable bonds is 6. The molecule has 0 bridgehead atoms. The van der Waals surface area contributed by atoms with Gasteiger partial charge in [0.05, 0.1) is 11.3 Å². The number of hydrogen-bond acceptors (Lipinski definition) is 5. The minimum Gasteiger partial charge on any atom is -0.481 e. The first-order valence-electron chi connectivity index (χ1n) is 7.07. The van der Waals surface area contributed by atoms with E-state index < -0.39 is 12.6 Å². The third-order valence-corrected chi connectivity index (χ3v) is 4.19. The van der Waals surface area contributed by atoms with Crippen molar-refractivity contribution in [3.8, 4) is 11.8 Å². The predicted octanol–water partition coefficient (Wildman–Crippen LogP) is 3.54. The number of nitriles is 1. The molecule has 23 heavy (non-hydrogen) atoms. The summed E-state index contributed by atoms with van der Waals surface area (Å²) in [4.78, 5) is 16.2. The predicted molar refractivity (Wildman–Crippen MR) is 89.3 cm³/mol. The summed E-state index contributed by atoms with van der Waals surface area (Å²) in [5.41, 5.74) is 2.07. The number of nitrogens with zero attached hydrogens (tertiary/aromatic N) is 2. The fraction of sp³-hybridized carbons (Fsp3) is 0.235. The quantitative estimate of drug-likeness (QED) is 0.820. The van der Waals surface area contributed by atoms with Crippen molar-refractivity contribution < 1.29 is 14.6 Å². The number of carboxylic acids is 1. The lowest BCUT2D eigenvalue weighted by Gasteiger charge is -2.07. The molecule has 0 fully saturated rings. The van der Waals surface area contributed by atoms with E-state index in [1.165, 1.54) is 11.3 Å². The molecule has 0 saturated carbocycles. The van der Waals surface area contributed by atoms with Crippen LogP contribution in [0.15, 0.2) is 24.3 Å². The normalized spacial score (nSPS) is 11.1. The molecular formula is C17H16N2O3S. The van der Waals surface area contributed by atoms with Crippen LogP contribution in [0, 0.1) is 18.3 Å². The van der Waals surface area contributed by atoms with Gasteiger partial charge in [-0.1, -0.05) is 25.1 Å². The lowest BCUT2D eigenvalue weighted by atomic mass is 10.1. The third kappa shape index (κ3) is 4.18. The van der Waals surface area contributed by atoms with Crippen molar-refractivity contribution in [1.29, 1.82) is 5.26 Å². The minimum atomic E-state index is -1.05. The van der Waals surface area contributed by atoms with Crippen LogP contribution >= 0.6 is 11.3 Å². The van der Waals surface area contributed by atoms with E-state index in [4.69, 9.17) is 9.84 Å². The van der Waals surface area contributed by atoms with Crippen molar-refractivity contribution in [3.63, 3.8) is 0 Å². The summed E-state index contributed by atoms with van der Waals surface area (Å²) in [5.74, 6) is -0.626. The molecule has 0 spiro atoms. The number of carbonyl (C=O) groups is 1. The van der Waals surface area contributed by atoms with E-state index in [1.54, 1.807) is 30.3 Å². The maximum absolute atomic E-state index is 10.7. The highest BCUT2D eigenvalue weighted by Gasteiger charge is 2.12. The zero-order valence-electron chi connectivity index (χ0n) is 12.9. The van der Waals surface area contributed by atoms with Crippen LogP contribution in [0.25, 0.3) is 11.6 Å². The molecule has 0 saturated heterocycles. The van der Waals surface area contributed by atoms with Crippen molar-refractivity contribution >= 4 is 29.0 Å². The molecule has 0 amide bonds. The molecule has 118 valence electrons. The Bertz CT molecular complexity index is 787. The molecule has 6 heteroatoms. The summed E-state index contributed by atoms with van der Waals surface area (Å²) < 4.78 is 5.26. The van der Waals surface area contributed by atoms with Gasteiger partial charge in [0, 0.05) is 10.4 Å². The van der Waals surface area contributed by atoms with Crippen molar-refractivity contribution in [1.82, 2.24) is 4.98 Å². The van der Waals surface area contributed by atoms with Crippen LogP contribution in [0.5, 0.6) is 5.75 Å². The topological polar surface area (TPSA) is 83.2 Å². The van der Waals surface area contributed by atoms with E-state index in [0.29, 0.717) is 21.9 Å². The lowest BCUT2D eigenvalue weighted by molar-refractivity contribution is -0.139. The zero-order chi connectivity index (χ0) is 16.8. The van der Waals surface area contributed by atoms with Gasteiger partial charge in [-0.25, -0.2) is 9.78 Å². The van der Waals surface area contributed by atoms with E-state index in [9.17, 15) is 10.1 Å². The van der Waals surface area contributed by atoms with E-state index in [1.807, 2.05) is 13.8 Å². The zero-order valence-corrected chi connectivity index (χ0v) is 13.7. The lowest BCUT2D eigenvalue weighted by Crippen LogP contribution is -2.09. The molecule has 2 aromatic rings. The number of benzene rings is 1. The molecular weight excluding hydrogens is 312 g/mol. The Morgan fingerprint density at radius 2 is 2.22 bits per heavy atom. The molecule has 5 nitrogen and oxygen atoms in total. The maximum atomic E-state index is 10.7. The number of thiazole rings is 1. The van der Waals surface area contributed by atoms with Crippen LogP contribution in [0.4, 0.5) is 0 Å². The summed E-state index contributed by atoms with van der Waals surface area (Å²) in [7, 11) is 0. The largest absolute Gasteiger partial charge is 0.481 e. The molecule has 0 radical (unpaired) electrons. The standard InChI is InChI=1S/C17H16N2O3S/c1-3-14-11(2)23-17(19-14)13(9-18)8-12-6-4-5-7-15(12)22-10-16(20)21/h4-8H,3,10H2,1-2H3,(H,20,21)/b13-8+. The third-order valence-electron chi connectivity index (χ3n) is 3.15. The van der Waals surface area contributed by atoms with Crippen LogP contribution in [-0.2, 0) is 11.2 Å². The molecule has 1 N–H and O–H groups in total. The monoisotopic (exact) mass is 328 g/mol. The Hall–Kier alpha value is -2.65. The smallest absolute Gasteiger partial charge is 0.341 e. The van der Waals surface area contributed by atoms with Crippen molar-refractivity contribution in [2.75, 3.05) is 6.61 Å². The SMILES string of the molecule is CCc1nc(/C(C#N)=C/c2ccccc2OCC(=O)O)sc1C. The van der Waals surface area contributed by atoms with Gasteiger partial charge in [0.15, 0.2) is 6.61 Å². The highest BCUT2D eigenvalue weighted by atomic mass is 32.1. The van der Waals surface area contributed by atoms with Crippen LogP contribution in [0.2, 0.25) is 0 Å². The molecule has 0 atom stereocenters. The number of allylic oxidation sites excluding steroid dienone is 1. The minimum absolute atomic E-state index is 0.423. The van der Waals surface area contributed by atoms with Gasteiger partial charge >= 0.3 is 5.97 Å². The van der Waals surface area contributed by atoms with Crippen LogP contribution in [-0.4, -0.2) is 22.7 Å². The molecule has 0 aliphatic rings. The molecule has 1 aromatic carbocycles. The Labute approximate surface area is 138 Å². The Kier molecular flexibility index (Phi) is 5.50. The van der Waals surface area contributed by atoms with E-state index >= 15 is 0 Å². The second-order valence-corrected chi connectivity index (χ2v) is 5.97. The number of carboxylic acid groups (broad SMARTS) is 1. The van der Waals surface area contributed by atoms with Crippen molar-refractivity contribution in [3.05, 3.63) is 45.4 Å². The second kappa shape index (κ2) is 7.56. The van der Waals surface area contributed by atoms with Crippen molar-refractivity contribution in [2.45, 2.75) is 20.3 Å². The Balaban J connectivity index is 2.38.